The van der Waals surface area contributed by atoms with Gasteiger partial charge in [-0.05, 0) is 29.4 Å². The molecule has 0 atom stereocenters. The van der Waals surface area contributed by atoms with Crippen LogP contribution in [0.5, 0.6) is 0 Å². The van der Waals surface area contributed by atoms with Gasteiger partial charge in [0.2, 0.25) is 0 Å². The zero-order valence-corrected chi connectivity index (χ0v) is 11.1. The number of nitroso groups, excluding NO2 is 1. The van der Waals surface area contributed by atoms with Crippen molar-refractivity contribution in [1.82, 2.24) is 4.98 Å². The van der Waals surface area contributed by atoms with Gasteiger partial charge in [0, 0.05) is 38.1 Å². The maximum atomic E-state index is 10.8. The van der Waals surface area contributed by atoms with Crippen LogP contribution in [0.1, 0.15) is 0 Å². The Kier molecular flexibility index (Phi) is 3.58. The summed E-state index contributed by atoms with van der Waals surface area (Å²) in [4.78, 5) is 19.6. The van der Waals surface area contributed by atoms with E-state index in [2.05, 4.69) is 44.2 Å². The van der Waals surface area contributed by atoms with Crippen molar-refractivity contribution in [2.45, 2.75) is 0 Å². The lowest BCUT2D eigenvalue weighted by Gasteiger charge is -2.36. The number of piperazine rings is 1. The molecule has 0 radical (unpaired) electrons. The molecular weight excluding hydrogens is 252 g/mol. The SMILES string of the molecule is O=Nc1cccnc1N1CCN(c2ccccc2)CC1. The minimum absolute atomic E-state index is 0.417. The van der Waals surface area contributed by atoms with Gasteiger partial charge in [-0.1, -0.05) is 18.2 Å². The summed E-state index contributed by atoms with van der Waals surface area (Å²) in [6.45, 7) is 3.51. The number of rotatable bonds is 3. The van der Waals surface area contributed by atoms with E-state index in [0.29, 0.717) is 11.5 Å². The van der Waals surface area contributed by atoms with Crippen molar-refractivity contribution in [2.24, 2.45) is 5.18 Å². The molecule has 5 heteroatoms. The van der Waals surface area contributed by atoms with E-state index in [1.807, 2.05) is 6.07 Å². The number of para-hydroxylation sites is 1. The van der Waals surface area contributed by atoms with E-state index in [4.69, 9.17) is 0 Å². The second-order valence-corrected chi connectivity index (χ2v) is 4.75. The van der Waals surface area contributed by atoms with Gasteiger partial charge >= 0.3 is 0 Å². The number of benzene rings is 1. The Morgan fingerprint density at radius 1 is 0.900 bits per heavy atom. The van der Waals surface area contributed by atoms with Crippen molar-refractivity contribution in [2.75, 3.05) is 36.0 Å². The summed E-state index contributed by atoms with van der Waals surface area (Å²) in [6.07, 6.45) is 1.70. The molecule has 3 rings (SSSR count). The molecule has 1 aliphatic rings. The van der Waals surface area contributed by atoms with E-state index in [-0.39, 0.29) is 0 Å². The lowest BCUT2D eigenvalue weighted by Crippen LogP contribution is -2.46. The first-order chi connectivity index (χ1) is 9.88. The molecule has 5 nitrogen and oxygen atoms in total. The molecular formula is C15H16N4O. The number of hydrogen-bond donors (Lipinski definition) is 0. The number of nitrogens with zero attached hydrogens (tertiary/aromatic N) is 4. The minimum atomic E-state index is 0.417. The van der Waals surface area contributed by atoms with Crippen molar-refractivity contribution in [3.05, 3.63) is 53.6 Å². The van der Waals surface area contributed by atoms with Gasteiger partial charge < -0.3 is 9.80 Å². The fourth-order valence-corrected chi connectivity index (χ4v) is 2.52. The molecule has 1 fully saturated rings. The van der Waals surface area contributed by atoms with Gasteiger partial charge in [0.25, 0.3) is 0 Å². The number of anilines is 2. The highest BCUT2D eigenvalue weighted by Crippen LogP contribution is 2.27. The molecule has 0 unspecified atom stereocenters. The minimum Gasteiger partial charge on any atom is -0.368 e. The van der Waals surface area contributed by atoms with Gasteiger partial charge in [0.1, 0.15) is 5.69 Å². The monoisotopic (exact) mass is 268 g/mol. The Morgan fingerprint density at radius 2 is 1.60 bits per heavy atom. The molecule has 1 aromatic heterocycles. The summed E-state index contributed by atoms with van der Waals surface area (Å²) >= 11 is 0. The van der Waals surface area contributed by atoms with E-state index >= 15 is 0 Å². The fourth-order valence-electron chi connectivity index (χ4n) is 2.52. The molecule has 2 heterocycles. The van der Waals surface area contributed by atoms with Crippen LogP contribution in [0.2, 0.25) is 0 Å². The van der Waals surface area contributed by atoms with Gasteiger partial charge in [0.05, 0.1) is 0 Å². The Morgan fingerprint density at radius 3 is 2.30 bits per heavy atom. The third-order valence-electron chi connectivity index (χ3n) is 3.56. The standard InChI is InChI=1S/C15H16N4O/c20-17-14-7-4-8-16-15(14)19-11-9-18(10-12-19)13-5-2-1-3-6-13/h1-8H,9-12H2. The highest BCUT2D eigenvalue weighted by Gasteiger charge is 2.20. The number of pyridine rings is 1. The first kappa shape index (κ1) is 12.6. The summed E-state index contributed by atoms with van der Waals surface area (Å²) in [5.41, 5.74) is 1.66. The van der Waals surface area contributed by atoms with E-state index in [0.717, 1.165) is 26.2 Å². The van der Waals surface area contributed by atoms with Crippen LogP contribution in [-0.4, -0.2) is 31.2 Å². The Balaban J connectivity index is 1.71. The summed E-state index contributed by atoms with van der Waals surface area (Å²) in [6, 6.07) is 13.8. The molecule has 102 valence electrons. The molecule has 0 spiro atoms. The Bertz CT molecular complexity index is 579. The van der Waals surface area contributed by atoms with Gasteiger partial charge in [0.15, 0.2) is 5.82 Å². The maximum absolute atomic E-state index is 10.8. The molecule has 1 aromatic carbocycles. The predicted molar refractivity (Wildman–Crippen MR) is 80.6 cm³/mol. The predicted octanol–water partition coefficient (Wildman–Crippen LogP) is 2.81. The van der Waals surface area contributed by atoms with E-state index in [1.54, 1.807) is 18.3 Å². The number of hydrogen-bond acceptors (Lipinski definition) is 5. The van der Waals surface area contributed by atoms with Gasteiger partial charge in [-0.2, -0.15) is 0 Å². The molecule has 0 N–H and O–H groups in total. The Labute approximate surface area is 117 Å². The van der Waals surface area contributed by atoms with Crippen molar-refractivity contribution < 1.29 is 0 Å². The molecule has 1 aliphatic heterocycles. The highest BCUT2D eigenvalue weighted by molar-refractivity contribution is 5.62. The molecule has 0 aliphatic carbocycles. The van der Waals surface area contributed by atoms with Crippen molar-refractivity contribution in [1.29, 1.82) is 0 Å². The summed E-state index contributed by atoms with van der Waals surface area (Å²) < 4.78 is 0. The summed E-state index contributed by atoms with van der Waals surface area (Å²) in [7, 11) is 0. The highest BCUT2D eigenvalue weighted by atomic mass is 16.3. The first-order valence-electron chi connectivity index (χ1n) is 6.72. The van der Waals surface area contributed by atoms with Crippen LogP contribution in [0.25, 0.3) is 0 Å². The lowest BCUT2D eigenvalue weighted by molar-refractivity contribution is 0.648. The number of aromatic nitrogens is 1. The third-order valence-corrected chi connectivity index (χ3v) is 3.56. The maximum Gasteiger partial charge on any atom is 0.158 e. The van der Waals surface area contributed by atoms with Gasteiger partial charge in [-0.25, -0.2) is 4.98 Å². The topological polar surface area (TPSA) is 48.8 Å². The van der Waals surface area contributed by atoms with Crippen LogP contribution in [-0.2, 0) is 0 Å². The van der Waals surface area contributed by atoms with Crippen LogP contribution < -0.4 is 9.80 Å². The first-order valence-corrected chi connectivity index (χ1v) is 6.72. The smallest absolute Gasteiger partial charge is 0.158 e. The third kappa shape index (κ3) is 2.47. The average molecular weight is 268 g/mol. The van der Waals surface area contributed by atoms with E-state index in [1.165, 1.54) is 5.69 Å². The van der Waals surface area contributed by atoms with Crippen molar-refractivity contribution >= 4 is 17.2 Å². The normalized spacial score (nSPS) is 15.2. The van der Waals surface area contributed by atoms with Crippen LogP contribution in [0.15, 0.2) is 53.8 Å². The van der Waals surface area contributed by atoms with Gasteiger partial charge in [-0.15, -0.1) is 4.91 Å². The van der Waals surface area contributed by atoms with Crippen LogP contribution in [0, 0.1) is 4.91 Å². The van der Waals surface area contributed by atoms with Crippen LogP contribution in [0.4, 0.5) is 17.2 Å². The fraction of sp³-hybridized carbons (Fsp3) is 0.267. The lowest BCUT2D eigenvalue weighted by atomic mass is 10.2. The molecule has 0 bridgehead atoms. The molecule has 2 aromatic rings. The van der Waals surface area contributed by atoms with E-state index in [9.17, 15) is 4.91 Å². The van der Waals surface area contributed by atoms with Crippen molar-refractivity contribution in [3.63, 3.8) is 0 Å². The summed E-state index contributed by atoms with van der Waals surface area (Å²) in [5.74, 6) is 0.690. The zero-order valence-electron chi connectivity index (χ0n) is 11.1. The Hall–Kier alpha value is -2.43. The molecule has 1 saturated heterocycles. The quantitative estimate of drug-likeness (QED) is 0.803. The zero-order chi connectivity index (χ0) is 13.8. The largest absolute Gasteiger partial charge is 0.368 e. The second-order valence-electron chi connectivity index (χ2n) is 4.75. The average Bonchev–Trinajstić information content (AvgIpc) is 2.56. The molecule has 20 heavy (non-hydrogen) atoms. The van der Waals surface area contributed by atoms with Crippen LogP contribution >= 0.6 is 0 Å². The van der Waals surface area contributed by atoms with Gasteiger partial charge in [-0.3, -0.25) is 0 Å². The van der Waals surface area contributed by atoms with E-state index < -0.39 is 0 Å². The molecule has 0 saturated carbocycles. The van der Waals surface area contributed by atoms with Crippen molar-refractivity contribution in [3.8, 4) is 0 Å². The molecule has 0 amide bonds. The second kappa shape index (κ2) is 5.69. The van der Waals surface area contributed by atoms with Crippen LogP contribution in [0.3, 0.4) is 0 Å². The summed E-state index contributed by atoms with van der Waals surface area (Å²) in [5, 5.41) is 3.06.